The quantitative estimate of drug-likeness (QED) is 0.920. The van der Waals surface area contributed by atoms with E-state index in [-0.39, 0.29) is 12.0 Å². The van der Waals surface area contributed by atoms with Crippen LogP contribution in [0.25, 0.3) is 0 Å². The first-order valence-electron chi connectivity index (χ1n) is 7.35. The van der Waals surface area contributed by atoms with Crippen molar-refractivity contribution in [2.75, 3.05) is 13.1 Å². The third-order valence-electron chi connectivity index (χ3n) is 4.62. The van der Waals surface area contributed by atoms with Crippen LogP contribution < -0.4 is 0 Å². The minimum atomic E-state index is -0.886. The smallest absolute Gasteiger partial charge is 0.352 e. The monoisotopic (exact) mass is 276 g/mol. The number of aromatic carboxylic acids is 1. The van der Waals surface area contributed by atoms with E-state index >= 15 is 0 Å². The summed E-state index contributed by atoms with van der Waals surface area (Å²) in [5, 5.41) is 9.15. The number of aromatic nitrogens is 1. The van der Waals surface area contributed by atoms with Gasteiger partial charge in [-0.25, -0.2) is 4.79 Å². The van der Waals surface area contributed by atoms with Crippen molar-refractivity contribution in [3.63, 3.8) is 0 Å². The van der Waals surface area contributed by atoms with Gasteiger partial charge in [0.05, 0.1) is 0 Å². The van der Waals surface area contributed by atoms with Gasteiger partial charge < -0.3 is 14.6 Å². The van der Waals surface area contributed by atoms with E-state index in [9.17, 15) is 9.59 Å². The topological polar surface area (TPSA) is 62.5 Å². The second-order valence-electron chi connectivity index (χ2n) is 5.79. The molecule has 0 radical (unpaired) electrons. The lowest BCUT2D eigenvalue weighted by molar-refractivity contribution is -0.139. The van der Waals surface area contributed by atoms with Crippen molar-refractivity contribution in [3.8, 4) is 0 Å². The molecule has 1 amide bonds. The van der Waals surface area contributed by atoms with Gasteiger partial charge >= 0.3 is 5.97 Å². The van der Waals surface area contributed by atoms with Crippen LogP contribution in [0.3, 0.4) is 0 Å². The molecule has 2 aliphatic rings. The first-order chi connectivity index (χ1) is 9.66. The zero-order valence-electron chi connectivity index (χ0n) is 11.5. The molecule has 1 saturated heterocycles. The van der Waals surface area contributed by atoms with Gasteiger partial charge in [0.15, 0.2) is 0 Å². The van der Waals surface area contributed by atoms with Crippen LogP contribution in [0.5, 0.6) is 0 Å². The molecule has 1 aromatic heterocycles. The van der Waals surface area contributed by atoms with Gasteiger partial charge in [0.1, 0.15) is 5.69 Å². The number of carbonyl (C=O) groups is 2. The number of piperidine rings is 1. The lowest BCUT2D eigenvalue weighted by atomic mass is 9.84. The fraction of sp³-hybridized carbons (Fsp3) is 0.600. The lowest BCUT2D eigenvalue weighted by Crippen LogP contribution is -2.43. The molecular weight excluding hydrogens is 256 g/mol. The normalized spacial score (nSPS) is 20.7. The van der Waals surface area contributed by atoms with Gasteiger partial charge in [0.2, 0.25) is 5.91 Å². The molecule has 2 heterocycles. The Hall–Kier alpha value is -1.78. The van der Waals surface area contributed by atoms with Crippen molar-refractivity contribution in [1.29, 1.82) is 0 Å². The molecule has 0 bridgehead atoms. The van der Waals surface area contributed by atoms with Gasteiger partial charge in [-0.05, 0) is 37.8 Å². The van der Waals surface area contributed by atoms with Crippen LogP contribution in [0.15, 0.2) is 18.3 Å². The van der Waals surface area contributed by atoms with Crippen molar-refractivity contribution in [2.24, 2.45) is 5.92 Å². The average molecular weight is 276 g/mol. The number of carboxylic acids is 1. The lowest BCUT2D eigenvalue weighted by Gasteiger charge is -2.37. The van der Waals surface area contributed by atoms with E-state index in [4.69, 9.17) is 5.11 Å². The molecule has 1 saturated carbocycles. The molecule has 0 unspecified atom stereocenters. The number of hydrogen-bond donors (Lipinski definition) is 1. The molecule has 3 rings (SSSR count). The van der Waals surface area contributed by atoms with Crippen molar-refractivity contribution in [2.45, 2.75) is 38.1 Å². The number of likely N-dealkylation sites (tertiary alicyclic amines) is 1. The number of hydrogen-bond acceptors (Lipinski definition) is 2. The van der Waals surface area contributed by atoms with Gasteiger partial charge in [-0.2, -0.15) is 0 Å². The Kier molecular flexibility index (Phi) is 3.51. The number of rotatable bonds is 3. The van der Waals surface area contributed by atoms with E-state index in [1.165, 1.54) is 6.42 Å². The van der Waals surface area contributed by atoms with Crippen LogP contribution in [0.2, 0.25) is 0 Å². The predicted molar refractivity (Wildman–Crippen MR) is 73.6 cm³/mol. The zero-order chi connectivity index (χ0) is 14.1. The largest absolute Gasteiger partial charge is 0.477 e. The highest BCUT2D eigenvalue weighted by atomic mass is 16.4. The van der Waals surface area contributed by atoms with Gasteiger partial charge in [0, 0.05) is 31.2 Å². The first-order valence-corrected chi connectivity index (χ1v) is 7.35. The fourth-order valence-corrected chi connectivity index (χ4v) is 3.17. The summed E-state index contributed by atoms with van der Waals surface area (Å²) < 4.78 is 1.84. The Bertz CT molecular complexity index is 511. The van der Waals surface area contributed by atoms with E-state index in [2.05, 4.69) is 0 Å². The van der Waals surface area contributed by atoms with Crippen molar-refractivity contribution in [1.82, 2.24) is 9.47 Å². The van der Waals surface area contributed by atoms with Crippen molar-refractivity contribution in [3.05, 3.63) is 24.0 Å². The maximum atomic E-state index is 12.2. The Labute approximate surface area is 118 Å². The molecular formula is C15H20N2O3. The van der Waals surface area contributed by atoms with Crippen LogP contribution in [-0.2, 0) is 4.79 Å². The van der Waals surface area contributed by atoms with E-state index in [0.717, 1.165) is 38.8 Å². The molecule has 1 aliphatic heterocycles. The predicted octanol–water partition coefficient (Wildman–Crippen LogP) is 2.15. The molecule has 20 heavy (non-hydrogen) atoms. The second kappa shape index (κ2) is 5.31. The summed E-state index contributed by atoms with van der Waals surface area (Å²) in [5.74, 6) is -0.323. The summed E-state index contributed by atoms with van der Waals surface area (Å²) in [6, 6.07) is 3.60. The van der Waals surface area contributed by atoms with Crippen LogP contribution in [0.1, 0.15) is 48.6 Å². The highest BCUT2D eigenvalue weighted by Crippen LogP contribution is 2.31. The van der Waals surface area contributed by atoms with Gasteiger partial charge in [-0.3, -0.25) is 4.79 Å². The van der Waals surface area contributed by atoms with E-state index in [1.807, 2.05) is 15.7 Å². The Morgan fingerprint density at radius 1 is 1.15 bits per heavy atom. The third-order valence-corrected chi connectivity index (χ3v) is 4.62. The summed E-state index contributed by atoms with van der Waals surface area (Å²) in [4.78, 5) is 25.3. The average Bonchev–Trinajstić information content (AvgIpc) is 2.86. The minimum absolute atomic E-state index is 0.196. The number of carbonyl (C=O) groups excluding carboxylic acids is 1. The van der Waals surface area contributed by atoms with Crippen LogP contribution in [-0.4, -0.2) is 39.5 Å². The summed E-state index contributed by atoms with van der Waals surface area (Å²) >= 11 is 0. The molecule has 5 nitrogen and oxygen atoms in total. The Balaban J connectivity index is 1.62. The molecule has 1 aliphatic carbocycles. The molecule has 1 aromatic rings. The molecule has 0 atom stereocenters. The first kappa shape index (κ1) is 13.2. The maximum absolute atomic E-state index is 12.2. The molecule has 2 fully saturated rings. The van der Waals surface area contributed by atoms with Crippen LogP contribution >= 0.6 is 0 Å². The molecule has 0 spiro atoms. The third kappa shape index (κ3) is 2.32. The van der Waals surface area contributed by atoms with Crippen molar-refractivity contribution < 1.29 is 14.7 Å². The molecule has 1 N–H and O–H groups in total. The second-order valence-corrected chi connectivity index (χ2v) is 5.79. The summed E-state index contributed by atoms with van der Waals surface area (Å²) in [6.07, 6.45) is 6.77. The standard InChI is InChI=1S/C15H20N2O3/c18-14(11-3-1-4-11)16-9-6-12(7-10-16)17-8-2-5-13(17)15(19)20/h2,5,8,11-12H,1,3-4,6-7,9-10H2,(H,19,20). The van der Waals surface area contributed by atoms with Gasteiger partial charge in [-0.1, -0.05) is 6.42 Å². The Morgan fingerprint density at radius 2 is 1.85 bits per heavy atom. The summed E-state index contributed by atoms with van der Waals surface area (Å²) in [6.45, 7) is 1.49. The van der Waals surface area contributed by atoms with Crippen LogP contribution in [0.4, 0.5) is 0 Å². The molecule has 5 heteroatoms. The van der Waals surface area contributed by atoms with E-state index in [1.54, 1.807) is 12.1 Å². The SMILES string of the molecule is O=C(O)c1cccn1C1CCN(C(=O)C2CCC2)CC1. The minimum Gasteiger partial charge on any atom is -0.477 e. The number of amides is 1. The van der Waals surface area contributed by atoms with Gasteiger partial charge in [0.25, 0.3) is 0 Å². The fourth-order valence-electron chi connectivity index (χ4n) is 3.17. The summed E-state index contributed by atoms with van der Waals surface area (Å²) in [7, 11) is 0. The van der Waals surface area contributed by atoms with E-state index in [0.29, 0.717) is 11.6 Å². The van der Waals surface area contributed by atoms with E-state index < -0.39 is 5.97 Å². The number of carboxylic acid groups (broad SMARTS) is 1. The van der Waals surface area contributed by atoms with Crippen molar-refractivity contribution >= 4 is 11.9 Å². The molecule has 108 valence electrons. The summed E-state index contributed by atoms with van der Waals surface area (Å²) in [5.41, 5.74) is 0.341. The van der Waals surface area contributed by atoms with Crippen LogP contribution in [0, 0.1) is 5.92 Å². The maximum Gasteiger partial charge on any atom is 0.352 e. The van der Waals surface area contributed by atoms with Gasteiger partial charge in [-0.15, -0.1) is 0 Å². The highest BCUT2D eigenvalue weighted by Gasteiger charge is 2.32. The highest BCUT2D eigenvalue weighted by molar-refractivity contribution is 5.85. The Morgan fingerprint density at radius 3 is 2.40 bits per heavy atom. The zero-order valence-corrected chi connectivity index (χ0v) is 11.5. The molecule has 0 aromatic carbocycles. The number of nitrogens with zero attached hydrogens (tertiary/aromatic N) is 2.